The van der Waals surface area contributed by atoms with E-state index >= 15 is 0 Å². The van der Waals surface area contributed by atoms with Crippen molar-refractivity contribution in [3.05, 3.63) is 105 Å². The van der Waals surface area contributed by atoms with E-state index in [0.29, 0.717) is 32.6 Å². The highest BCUT2D eigenvalue weighted by Gasteiger charge is 2.31. The number of benzene rings is 3. The van der Waals surface area contributed by atoms with Gasteiger partial charge in [-0.05, 0) is 48.9 Å². The maximum Gasteiger partial charge on any atom is 0.416 e. The largest absolute Gasteiger partial charge is 0.416 e. The number of carbonyl (C=O) groups is 2. The summed E-state index contributed by atoms with van der Waals surface area (Å²) in [5, 5.41) is 8.12. The third kappa shape index (κ3) is 6.25. The molecule has 1 aromatic heterocycles. The minimum absolute atomic E-state index is 0.0813. The van der Waals surface area contributed by atoms with E-state index in [0.717, 1.165) is 12.1 Å². The highest BCUT2D eigenvalue weighted by Crippen LogP contribution is 2.34. The third-order valence-corrected chi connectivity index (χ3v) is 6.55. The number of nitrogens with one attached hydrogen (secondary N) is 2. The number of amides is 2. The van der Waals surface area contributed by atoms with E-state index in [1.165, 1.54) is 16.8 Å². The molecule has 39 heavy (non-hydrogen) atoms. The van der Waals surface area contributed by atoms with Crippen LogP contribution >= 0.6 is 23.2 Å². The molecule has 0 aliphatic rings. The molecular formula is C27H22Cl2F3N5O2. The molecule has 4 rings (SSSR count). The number of alkyl halides is 3. The average Bonchev–Trinajstić information content (AvgIpc) is 3.27. The van der Waals surface area contributed by atoms with Crippen LogP contribution in [0.5, 0.6) is 0 Å². The highest BCUT2D eigenvalue weighted by atomic mass is 35.5. The normalized spacial score (nSPS) is 12.2. The first-order chi connectivity index (χ1) is 18.5. The van der Waals surface area contributed by atoms with Crippen LogP contribution < -0.4 is 16.6 Å². The Labute approximate surface area is 231 Å². The first-order valence-corrected chi connectivity index (χ1v) is 12.4. The lowest BCUT2D eigenvalue weighted by Gasteiger charge is -2.15. The van der Waals surface area contributed by atoms with Crippen LogP contribution in [0.15, 0.2) is 72.8 Å². The number of aromatic nitrogens is 2. The van der Waals surface area contributed by atoms with E-state index in [-0.39, 0.29) is 17.7 Å². The average molecular weight is 576 g/mol. The Kier molecular flexibility index (Phi) is 8.29. The molecule has 0 bridgehead atoms. The molecule has 0 saturated carbocycles. The first kappa shape index (κ1) is 28.2. The molecule has 0 unspecified atom stereocenters. The number of carbonyl (C=O) groups excluding carboxylic acids is 2. The topological polar surface area (TPSA) is 102 Å². The van der Waals surface area contributed by atoms with Gasteiger partial charge in [0.15, 0.2) is 5.69 Å². The van der Waals surface area contributed by atoms with Gasteiger partial charge < -0.3 is 5.32 Å². The molecule has 0 spiro atoms. The van der Waals surface area contributed by atoms with Crippen molar-refractivity contribution in [2.45, 2.75) is 25.6 Å². The van der Waals surface area contributed by atoms with Crippen LogP contribution in [0.4, 0.5) is 13.2 Å². The van der Waals surface area contributed by atoms with Gasteiger partial charge in [0.05, 0.1) is 34.4 Å². The Bertz CT molecular complexity index is 1500. The van der Waals surface area contributed by atoms with Gasteiger partial charge in [-0.15, -0.1) is 0 Å². The molecule has 0 fully saturated rings. The van der Waals surface area contributed by atoms with Gasteiger partial charge in [0, 0.05) is 16.1 Å². The van der Waals surface area contributed by atoms with Crippen molar-refractivity contribution < 1.29 is 22.8 Å². The van der Waals surface area contributed by atoms with Crippen LogP contribution in [-0.4, -0.2) is 21.6 Å². The number of hydrogen-bond donors (Lipinski definition) is 3. The van der Waals surface area contributed by atoms with Crippen LogP contribution in [-0.2, 0) is 17.4 Å². The summed E-state index contributed by atoms with van der Waals surface area (Å²) in [4.78, 5) is 25.9. The number of hydrogen-bond acceptors (Lipinski definition) is 4. The second-order valence-electron chi connectivity index (χ2n) is 8.61. The predicted octanol–water partition coefficient (Wildman–Crippen LogP) is 5.89. The molecule has 4 N–H and O–H groups in total. The quantitative estimate of drug-likeness (QED) is 0.145. The van der Waals surface area contributed by atoms with Gasteiger partial charge in [0.1, 0.15) is 0 Å². The summed E-state index contributed by atoms with van der Waals surface area (Å²) in [6.07, 6.45) is -4.77. The fourth-order valence-electron chi connectivity index (χ4n) is 4.02. The third-order valence-electron chi connectivity index (χ3n) is 5.98. The lowest BCUT2D eigenvalue weighted by molar-refractivity contribution is -0.137. The van der Waals surface area contributed by atoms with E-state index in [1.54, 1.807) is 55.5 Å². The van der Waals surface area contributed by atoms with Crippen molar-refractivity contribution in [2.24, 2.45) is 5.84 Å². The number of nitrogens with zero attached hydrogens (tertiary/aromatic N) is 2. The van der Waals surface area contributed by atoms with Crippen LogP contribution in [0.25, 0.3) is 16.9 Å². The summed E-state index contributed by atoms with van der Waals surface area (Å²) < 4.78 is 40.3. The van der Waals surface area contributed by atoms with E-state index < -0.39 is 29.6 Å². The molecule has 2 amide bonds. The van der Waals surface area contributed by atoms with Crippen molar-refractivity contribution in [1.82, 2.24) is 20.5 Å². The zero-order chi connectivity index (χ0) is 28.3. The zero-order valence-electron chi connectivity index (χ0n) is 20.4. The Hall–Kier alpha value is -3.86. The van der Waals surface area contributed by atoms with Crippen molar-refractivity contribution in [3.8, 4) is 16.9 Å². The lowest BCUT2D eigenvalue weighted by atomic mass is 10.0. The number of nitrogens with two attached hydrogens (primary N) is 1. The molecule has 0 saturated heterocycles. The number of rotatable bonds is 7. The summed E-state index contributed by atoms with van der Waals surface area (Å²) in [5.74, 6) is 4.13. The summed E-state index contributed by atoms with van der Waals surface area (Å²) in [6, 6.07) is 17.4. The van der Waals surface area contributed by atoms with Gasteiger partial charge in [0.2, 0.25) is 5.91 Å². The van der Waals surface area contributed by atoms with Crippen LogP contribution in [0, 0.1) is 0 Å². The number of halogens is 5. The Morgan fingerprint density at radius 2 is 1.64 bits per heavy atom. The summed E-state index contributed by atoms with van der Waals surface area (Å²) in [6.45, 7) is 1.62. The molecule has 3 aromatic carbocycles. The SMILES string of the molecule is C[C@@H](NC(=O)c1nn(-c2ccccc2Cl)c(-c2ccc(Cl)cc2)c1CC(=O)NN)c1ccc(C(F)(F)F)cc1. The molecular weight excluding hydrogens is 554 g/mol. The zero-order valence-corrected chi connectivity index (χ0v) is 21.9. The number of hydrazine groups is 1. The van der Waals surface area contributed by atoms with Crippen molar-refractivity contribution in [2.75, 3.05) is 0 Å². The maximum absolute atomic E-state index is 13.5. The predicted molar refractivity (Wildman–Crippen MR) is 142 cm³/mol. The molecule has 7 nitrogen and oxygen atoms in total. The minimum atomic E-state index is -4.48. The second kappa shape index (κ2) is 11.5. The monoisotopic (exact) mass is 575 g/mol. The standard InChI is InChI=1S/C27H22Cl2F3N5O2/c1-15(16-6-10-18(11-7-16)27(30,31)32)34-26(39)24-20(14-23(38)35-33)25(17-8-12-19(28)13-9-17)37(36-24)22-5-3-2-4-21(22)29/h2-13,15H,14,33H2,1H3,(H,34,39)(H,35,38)/t15-/m1/s1. The smallest absolute Gasteiger partial charge is 0.344 e. The van der Waals surface area contributed by atoms with Gasteiger partial charge in [-0.3, -0.25) is 15.0 Å². The summed E-state index contributed by atoms with van der Waals surface area (Å²) >= 11 is 12.5. The molecule has 0 aliphatic heterocycles. The van der Waals surface area contributed by atoms with E-state index in [4.69, 9.17) is 29.0 Å². The van der Waals surface area contributed by atoms with Gasteiger partial charge in [-0.25, -0.2) is 10.5 Å². The lowest BCUT2D eigenvalue weighted by Crippen LogP contribution is -2.33. The Balaban J connectivity index is 1.81. The van der Waals surface area contributed by atoms with E-state index in [2.05, 4.69) is 15.8 Å². The van der Waals surface area contributed by atoms with Gasteiger partial charge in [0.25, 0.3) is 5.91 Å². The fraction of sp³-hybridized carbons (Fsp3) is 0.148. The van der Waals surface area contributed by atoms with E-state index in [1.807, 2.05) is 0 Å². The highest BCUT2D eigenvalue weighted by molar-refractivity contribution is 6.32. The van der Waals surface area contributed by atoms with Gasteiger partial charge >= 0.3 is 6.18 Å². The molecule has 12 heteroatoms. The van der Waals surface area contributed by atoms with Gasteiger partial charge in [-0.2, -0.15) is 18.3 Å². The summed E-state index contributed by atoms with van der Waals surface area (Å²) in [5.41, 5.74) is 3.35. The minimum Gasteiger partial charge on any atom is -0.344 e. The molecule has 1 atom stereocenters. The molecule has 0 aliphatic carbocycles. The molecule has 0 radical (unpaired) electrons. The number of para-hydroxylation sites is 1. The van der Waals surface area contributed by atoms with Crippen molar-refractivity contribution in [1.29, 1.82) is 0 Å². The van der Waals surface area contributed by atoms with Crippen LogP contribution in [0.2, 0.25) is 10.0 Å². The Morgan fingerprint density at radius 3 is 2.23 bits per heavy atom. The van der Waals surface area contributed by atoms with Gasteiger partial charge in [-0.1, -0.05) is 59.6 Å². The van der Waals surface area contributed by atoms with Crippen LogP contribution in [0.1, 0.15) is 40.1 Å². The molecule has 202 valence electrons. The molecule has 4 aromatic rings. The first-order valence-electron chi connectivity index (χ1n) is 11.6. The second-order valence-corrected chi connectivity index (χ2v) is 9.45. The van der Waals surface area contributed by atoms with Crippen molar-refractivity contribution in [3.63, 3.8) is 0 Å². The molecule has 1 heterocycles. The van der Waals surface area contributed by atoms with Crippen LogP contribution in [0.3, 0.4) is 0 Å². The fourth-order valence-corrected chi connectivity index (χ4v) is 4.36. The summed E-state index contributed by atoms with van der Waals surface area (Å²) in [7, 11) is 0. The Morgan fingerprint density at radius 1 is 1.00 bits per heavy atom. The van der Waals surface area contributed by atoms with E-state index in [9.17, 15) is 22.8 Å². The van der Waals surface area contributed by atoms with Crippen molar-refractivity contribution >= 4 is 35.0 Å². The maximum atomic E-state index is 13.5.